The monoisotopic (exact) mass is 541 g/mol. The summed E-state index contributed by atoms with van der Waals surface area (Å²) in [6.07, 6.45) is 1.41. The smallest absolute Gasteiger partial charge is 0.352 e. The number of oxime groups is 1. The van der Waals surface area contributed by atoms with E-state index in [1.165, 1.54) is 51.7 Å². The summed E-state index contributed by atoms with van der Waals surface area (Å²) in [7, 11) is 0. The maximum absolute atomic E-state index is 12.9. The first-order valence-corrected chi connectivity index (χ1v) is 13.0. The van der Waals surface area contributed by atoms with Gasteiger partial charge in [0.1, 0.15) is 29.1 Å². The molecule has 0 spiro atoms. The van der Waals surface area contributed by atoms with Gasteiger partial charge in [0, 0.05) is 23.8 Å². The molecule has 178 valence electrons. The summed E-state index contributed by atoms with van der Waals surface area (Å²) in [5.41, 5.74) is 5.82. The normalized spacial score (nSPS) is 20.0. The molecule has 2 aliphatic heterocycles. The van der Waals surface area contributed by atoms with Gasteiger partial charge in [-0.05, 0) is 17.1 Å². The molecule has 0 aromatic carbocycles. The van der Waals surface area contributed by atoms with Crippen molar-refractivity contribution in [1.29, 1.82) is 0 Å². The van der Waals surface area contributed by atoms with E-state index in [4.69, 9.17) is 5.73 Å². The fourth-order valence-electron chi connectivity index (χ4n) is 3.09. The minimum Gasteiger partial charge on any atom is -0.477 e. The predicted octanol–water partition coefficient (Wildman–Crippen LogP) is 0.375. The molecule has 0 saturated carbocycles. The Balaban J connectivity index is 1.50. The molecule has 17 heteroatoms. The van der Waals surface area contributed by atoms with Crippen molar-refractivity contribution in [2.45, 2.75) is 22.7 Å². The van der Waals surface area contributed by atoms with Gasteiger partial charge in [0.2, 0.25) is 0 Å². The Labute approximate surface area is 208 Å². The Bertz CT molecular complexity index is 1210. The fourth-order valence-corrected chi connectivity index (χ4v) is 6.57. The summed E-state index contributed by atoms with van der Waals surface area (Å²) in [5.74, 6) is -2.69. The highest BCUT2D eigenvalue weighted by molar-refractivity contribution is 8.01. The van der Waals surface area contributed by atoms with Crippen LogP contribution in [0, 0.1) is 0 Å². The molecule has 1 unspecified atom stereocenters. The lowest BCUT2D eigenvalue weighted by molar-refractivity contribution is -0.150. The molecule has 1 saturated heterocycles. The SMILES string of the molecule is CC(=O)ON=C(C(=O)NC1C(=O)N2C(C(=O)O)=C(CSc3ncns3)CS[C@H]12)c1csc(N)n1. The van der Waals surface area contributed by atoms with Gasteiger partial charge in [-0.25, -0.2) is 19.6 Å². The Kier molecular flexibility index (Phi) is 7.15. The molecule has 2 aromatic heterocycles. The third-order valence-electron chi connectivity index (χ3n) is 4.49. The molecule has 2 atom stereocenters. The Morgan fingerprint density at radius 3 is 2.85 bits per heavy atom. The van der Waals surface area contributed by atoms with Crippen molar-refractivity contribution in [3.05, 3.63) is 28.7 Å². The van der Waals surface area contributed by atoms with Crippen LogP contribution in [-0.2, 0) is 24.0 Å². The van der Waals surface area contributed by atoms with Gasteiger partial charge in [-0.2, -0.15) is 4.37 Å². The number of aliphatic carboxylic acids is 1. The molecule has 0 bridgehead atoms. The zero-order chi connectivity index (χ0) is 24.4. The maximum atomic E-state index is 12.9. The number of amides is 2. The zero-order valence-electron chi connectivity index (χ0n) is 17.2. The molecule has 1 fully saturated rings. The van der Waals surface area contributed by atoms with Crippen molar-refractivity contribution in [2.24, 2.45) is 5.16 Å². The summed E-state index contributed by atoms with van der Waals surface area (Å²) in [4.78, 5) is 62.6. The van der Waals surface area contributed by atoms with Gasteiger partial charge >= 0.3 is 11.9 Å². The van der Waals surface area contributed by atoms with Gasteiger partial charge in [0.05, 0.1) is 0 Å². The number of carbonyl (C=O) groups excluding carboxylic acids is 3. The van der Waals surface area contributed by atoms with Crippen molar-refractivity contribution < 1.29 is 29.1 Å². The van der Waals surface area contributed by atoms with Gasteiger partial charge in [0.15, 0.2) is 15.2 Å². The van der Waals surface area contributed by atoms with Gasteiger partial charge in [-0.1, -0.05) is 16.9 Å². The number of aromatic nitrogens is 3. The van der Waals surface area contributed by atoms with E-state index >= 15 is 0 Å². The number of β-lactam (4-membered cyclic amide) rings is 1. The summed E-state index contributed by atoms with van der Waals surface area (Å²) in [6.45, 7) is 1.11. The van der Waals surface area contributed by atoms with Crippen LogP contribution in [0.4, 0.5) is 5.13 Å². The van der Waals surface area contributed by atoms with Crippen molar-refractivity contribution >= 4 is 81.0 Å². The van der Waals surface area contributed by atoms with Crippen LogP contribution >= 0.6 is 46.4 Å². The zero-order valence-corrected chi connectivity index (χ0v) is 20.4. The molecular weight excluding hydrogens is 526 g/mol. The van der Waals surface area contributed by atoms with Gasteiger partial charge in [-0.3, -0.25) is 14.5 Å². The Morgan fingerprint density at radius 2 is 2.24 bits per heavy atom. The fraction of sp³-hybridized carbons (Fsp3) is 0.294. The lowest BCUT2D eigenvalue weighted by atomic mass is 10.0. The standard InChI is InChI=1S/C17H15N7O6S4/c1-6(25)30-23-9(8-4-32-16(18)21-8)12(26)22-10-13(27)24-11(15(28)29)7(2-31-14(10)24)3-33-17-19-5-20-34-17/h4-5,10,14H,2-3H2,1H3,(H2,18,21)(H,22,26)(H,28,29)/t10?,14-/m1/s1. The highest BCUT2D eigenvalue weighted by Crippen LogP contribution is 2.41. The number of fused-ring (bicyclic) bond motifs is 1. The van der Waals surface area contributed by atoms with Crippen LogP contribution < -0.4 is 11.1 Å². The minimum atomic E-state index is -1.23. The van der Waals surface area contributed by atoms with E-state index in [9.17, 15) is 24.3 Å². The van der Waals surface area contributed by atoms with Gasteiger partial charge in [0.25, 0.3) is 11.8 Å². The average Bonchev–Trinajstić information content (AvgIpc) is 3.47. The molecule has 4 heterocycles. The van der Waals surface area contributed by atoms with E-state index in [-0.39, 0.29) is 22.2 Å². The summed E-state index contributed by atoms with van der Waals surface area (Å²) in [6, 6.07) is -0.997. The number of nitrogen functional groups attached to an aromatic ring is 1. The van der Waals surface area contributed by atoms with Crippen LogP contribution in [0.15, 0.2) is 32.5 Å². The van der Waals surface area contributed by atoms with Crippen molar-refractivity contribution in [3.63, 3.8) is 0 Å². The summed E-state index contributed by atoms with van der Waals surface area (Å²) < 4.78 is 4.59. The number of rotatable bonds is 8. The van der Waals surface area contributed by atoms with E-state index in [0.717, 1.165) is 18.3 Å². The molecule has 2 aromatic rings. The molecule has 0 radical (unpaired) electrons. The number of carboxylic acid groups (broad SMARTS) is 1. The number of thioether (sulfide) groups is 2. The van der Waals surface area contributed by atoms with Crippen LogP contribution in [0.5, 0.6) is 0 Å². The molecule has 34 heavy (non-hydrogen) atoms. The summed E-state index contributed by atoms with van der Waals surface area (Å²) in [5, 5.41) is 16.9. The van der Waals surface area contributed by atoms with Gasteiger partial charge < -0.3 is 21.0 Å². The number of thiazole rings is 1. The molecular formula is C17H15N7O6S4. The number of carbonyl (C=O) groups is 4. The lowest BCUT2D eigenvalue weighted by Gasteiger charge is -2.49. The topological polar surface area (TPSA) is 190 Å². The van der Waals surface area contributed by atoms with Crippen LogP contribution in [0.1, 0.15) is 12.6 Å². The van der Waals surface area contributed by atoms with E-state index in [0.29, 0.717) is 21.4 Å². The molecule has 4 rings (SSSR count). The minimum absolute atomic E-state index is 0.0725. The number of nitrogens with one attached hydrogen (secondary N) is 1. The van der Waals surface area contributed by atoms with Crippen LogP contribution in [0.3, 0.4) is 0 Å². The van der Waals surface area contributed by atoms with Crippen molar-refractivity contribution in [3.8, 4) is 0 Å². The first-order chi connectivity index (χ1) is 16.3. The van der Waals surface area contributed by atoms with Crippen LogP contribution in [-0.4, -0.2) is 76.7 Å². The number of nitrogens with two attached hydrogens (primary N) is 1. The predicted molar refractivity (Wildman–Crippen MR) is 125 cm³/mol. The van der Waals surface area contributed by atoms with E-state index in [1.807, 2.05) is 0 Å². The number of hydrogen-bond donors (Lipinski definition) is 3. The molecule has 2 amide bonds. The van der Waals surface area contributed by atoms with Gasteiger partial charge in [-0.15, -0.1) is 23.1 Å². The van der Waals surface area contributed by atoms with Crippen LogP contribution in [0.2, 0.25) is 0 Å². The number of nitrogens with zero attached hydrogens (tertiary/aromatic N) is 5. The Hall–Kier alpha value is -3.02. The van der Waals surface area contributed by atoms with Crippen LogP contribution in [0.25, 0.3) is 0 Å². The highest BCUT2D eigenvalue weighted by atomic mass is 32.2. The maximum Gasteiger partial charge on any atom is 0.352 e. The number of hydrogen-bond acceptors (Lipinski definition) is 14. The largest absolute Gasteiger partial charge is 0.477 e. The van der Waals surface area contributed by atoms with Crippen molar-refractivity contribution in [2.75, 3.05) is 17.2 Å². The summed E-state index contributed by atoms with van der Waals surface area (Å²) >= 11 is 4.91. The molecule has 13 nitrogen and oxygen atoms in total. The third kappa shape index (κ3) is 4.91. The molecule has 2 aliphatic rings. The second-order valence-corrected chi connectivity index (χ2v) is 10.7. The highest BCUT2D eigenvalue weighted by Gasteiger charge is 2.54. The Morgan fingerprint density at radius 1 is 1.44 bits per heavy atom. The molecule has 0 aliphatic carbocycles. The van der Waals surface area contributed by atoms with Crippen molar-refractivity contribution in [1.82, 2.24) is 24.6 Å². The first kappa shape index (κ1) is 24.1. The average molecular weight is 542 g/mol. The van der Waals surface area contributed by atoms with E-state index in [1.54, 1.807) is 0 Å². The van der Waals surface area contributed by atoms with E-state index < -0.39 is 35.2 Å². The molecule has 4 N–H and O–H groups in total. The third-order valence-corrected chi connectivity index (χ3v) is 8.39. The second-order valence-electron chi connectivity index (χ2n) is 6.71. The quantitative estimate of drug-likeness (QED) is 0.137. The van der Waals surface area contributed by atoms with E-state index in [2.05, 4.69) is 29.7 Å². The first-order valence-electron chi connectivity index (χ1n) is 9.33. The number of anilines is 1. The second kappa shape index (κ2) is 10.1. The lowest BCUT2D eigenvalue weighted by Crippen LogP contribution is -2.71. The number of carboxylic acids is 1.